The number of carbonyl (C=O) groups excluding carboxylic acids is 1. The van der Waals surface area contributed by atoms with E-state index in [1.165, 1.54) is 12.0 Å². The Morgan fingerprint density at radius 2 is 1.88 bits per heavy atom. The molecule has 0 bridgehead atoms. The predicted molar refractivity (Wildman–Crippen MR) is 125 cm³/mol. The van der Waals surface area contributed by atoms with E-state index in [9.17, 15) is 14.7 Å². The van der Waals surface area contributed by atoms with E-state index in [1.54, 1.807) is 37.7 Å². The fourth-order valence-corrected chi connectivity index (χ4v) is 4.43. The molecule has 0 spiro atoms. The minimum absolute atomic E-state index is 0.328. The van der Waals surface area contributed by atoms with Gasteiger partial charge in [0.15, 0.2) is 0 Å². The predicted octanol–water partition coefficient (Wildman–Crippen LogP) is 4.78. The summed E-state index contributed by atoms with van der Waals surface area (Å²) < 4.78 is 11.0. The molecular weight excluding hydrogens is 444 g/mol. The summed E-state index contributed by atoms with van der Waals surface area (Å²) in [5.74, 6) is -0.349. The van der Waals surface area contributed by atoms with Gasteiger partial charge in [-0.2, -0.15) is 0 Å². The topological polar surface area (TPSA) is 89.0 Å². The highest BCUT2D eigenvalue weighted by Crippen LogP contribution is 2.43. The lowest BCUT2D eigenvalue weighted by atomic mass is 9.92. The van der Waals surface area contributed by atoms with E-state index in [0.29, 0.717) is 58.2 Å². The summed E-state index contributed by atoms with van der Waals surface area (Å²) >= 11 is 6.54. The summed E-state index contributed by atoms with van der Waals surface area (Å²) in [6.45, 7) is 0.390. The summed E-state index contributed by atoms with van der Waals surface area (Å²) in [5, 5.41) is 10.0. The highest BCUT2D eigenvalue weighted by atomic mass is 35.5. The zero-order chi connectivity index (χ0) is 23.5. The molecule has 170 valence electrons. The van der Waals surface area contributed by atoms with E-state index >= 15 is 0 Å². The van der Waals surface area contributed by atoms with E-state index in [-0.39, 0.29) is 5.91 Å². The average molecular weight is 467 g/mol. The van der Waals surface area contributed by atoms with E-state index in [0.717, 1.165) is 5.56 Å². The molecule has 1 saturated heterocycles. The fraction of sp³-hybridized carbons (Fsp3) is 0.240. The lowest BCUT2D eigenvalue weighted by Gasteiger charge is -2.23. The number of hydrogen-bond donors (Lipinski definition) is 1. The number of rotatable bonds is 6. The second-order valence-corrected chi connectivity index (χ2v) is 8.10. The first-order valence-corrected chi connectivity index (χ1v) is 10.8. The Morgan fingerprint density at radius 3 is 2.58 bits per heavy atom. The van der Waals surface area contributed by atoms with Gasteiger partial charge in [-0.1, -0.05) is 29.8 Å². The first-order chi connectivity index (χ1) is 15.9. The lowest BCUT2D eigenvalue weighted by Crippen LogP contribution is -2.40. The summed E-state index contributed by atoms with van der Waals surface area (Å²) in [5.41, 5.74) is 3.13. The number of hydrogen-bond acceptors (Lipinski definition) is 5. The molecule has 1 aromatic heterocycles. The number of likely N-dealkylation sites (tertiary alicyclic amines) is 1. The van der Waals surface area contributed by atoms with Gasteiger partial charge in [-0.05, 0) is 42.7 Å². The number of carboxylic acids is 1. The SMILES string of the molecule is COc1cncc(-c2c(OC)cc(C(=O)N3CCCC3C(=O)O)cc2-c2ccccc2Cl)c1. The van der Waals surface area contributed by atoms with Gasteiger partial charge < -0.3 is 19.5 Å². The number of aliphatic carboxylic acids is 1. The quantitative estimate of drug-likeness (QED) is 0.562. The summed E-state index contributed by atoms with van der Waals surface area (Å²) in [4.78, 5) is 30.7. The number of methoxy groups -OCH3 is 2. The van der Waals surface area contributed by atoms with Gasteiger partial charge in [-0.15, -0.1) is 0 Å². The monoisotopic (exact) mass is 466 g/mol. The molecule has 1 aliphatic heterocycles. The van der Waals surface area contributed by atoms with Crippen molar-refractivity contribution in [2.45, 2.75) is 18.9 Å². The number of carboxylic acid groups (broad SMARTS) is 1. The van der Waals surface area contributed by atoms with Gasteiger partial charge in [0.05, 0.1) is 20.4 Å². The van der Waals surface area contributed by atoms with E-state index in [2.05, 4.69) is 4.98 Å². The molecule has 0 saturated carbocycles. The smallest absolute Gasteiger partial charge is 0.326 e. The Morgan fingerprint density at radius 1 is 1.09 bits per heavy atom. The summed E-state index contributed by atoms with van der Waals surface area (Å²) in [6.07, 6.45) is 4.36. The van der Waals surface area contributed by atoms with Crippen LogP contribution in [-0.2, 0) is 4.79 Å². The van der Waals surface area contributed by atoms with Gasteiger partial charge in [0.2, 0.25) is 0 Å². The van der Waals surface area contributed by atoms with Crippen LogP contribution in [0.5, 0.6) is 11.5 Å². The second kappa shape index (κ2) is 9.50. The van der Waals surface area contributed by atoms with Crippen molar-refractivity contribution < 1.29 is 24.2 Å². The Bertz CT molecular complexity index is 1210. The van der Waals surface area contributed by atoms with Crippen LogP contribution in [0.25, 0.3) is 22.3 Å². The molecule has 1 aliphatic rings. The largest absolute Gasteiger partial charge is 0.496 e. The van der Waals surface area contributed by atoms with E-state index < -0.39 is 12.0 Å². The van der Waals surface area contributed by atoms with Gasteiger partial charge in [-0.25, -0.2) is 4.79 Å². The standard InChI is InChI=1S/C25H23ClN2O5/c1-32-17-10-16(13-27-14-17)23-19(18-6-3-4-7-20(18)26)11-15(12-22(23)33-2)24(29)28-9-5-8-21(28)25(30)31/h3-4,6-7,10-14,21H,5,8-9H2,1-2H3,(H,30,31). The molecule has 3 aromatic rings. The Labute approximate surface area is 196 Å². The Balaban J connectivity index is 1.93. The zero-order valence-electron chi connectivity index (χ0n) is 18.2. The fourth-order valence-electron chi connectivity index (χ4n) is 4.19. The molecule has 1 fully saturated rings. The molecule has 8 heteroatoms. The minimum atomic E-state index is -1.00. The number of amides is 1. The van der Waals surface area contributed by atoms with Crippen molar-refractivity contribution in [3.05, 3.63) is 65.4 Å². The maximum atomic E-state index is 13.4. The third-order valence-corrected chi connectivity index (χ3v) is 6.10. The Hall–Kier alpha value is -3.58. The second-order valence-electron chi connectivity index (χ2n) is 7.69. The highest BCUT2D eigenvalue weighted by Gasteiger charge is 2.35. The Kier molecular flexibility index (Phi) is 6.51. The number of halogens is 1. The molecule has 1 unspecified atom stereocenters. The van der Waals surface area contributed by atoms with Crippen LogP contribution in [0.3, 0.4) is 0 Å². The number of aromatic nitrogens is 1. The van der Waals surface area contributed by atoms with Crippen LogP contribution in [0.1, 0.15) is 23.2 Å². The molecule has 1 N–H and O–H groups in total. The molecule has 0 aliphatic carbocycles. The molecule has 1 amide bonds. The summed E-state index contributed by atoms with van der Waals surface area (Å²) in [7, 11) is 3.08. The normalized spacial score (nSPS) is 15.4. The van der Waals surface area contributed by atoms with Crippen LogP contribution in [0.4, 0.5) is 0 Å². The lowest BCUT2D eigenvalue weighted by molar-refractivity contribution is -0.141. The van der Waals surface area contributed by atoms with Crippen molar-refractivity contribution in [1.29, 1.82) is 0 Å². The highest BCUT2D eigenvalue weighted by molar-refractivity contribution is 6.33. The third kappa shape index (κ3) is 4.36. The van der Waals surface area contributed by atoms with Crippen molar-refractivity contribution in [1.82, 2.24) is 9.88 Å². The van der Waals surface area contributed by atoms with Gasteiger partial charge in [0.25, 0.3) is 5.91 Å². The van der Waals surface area contributed by atoms with Gasteiger partial charge in [-0.3, -0.25) is 9.78 Å². The number of carbonyl (C=O) groups is 2. The maximum absolute atomic E-state index is 13.4. The molecule has 0 radical (unpaired) electrons. The first kappa shape index (κ1) is 22.6. The first-order valence-electron chi connectivity index (χ1n) is 10.4. The van der Waals surface area contributed by atoms with Crippen LogP contribution in [0.2, 0.25) is 5.02 Å². The number of nitrogens with zero attached hydrogens (tertiary/aromatic N) is 2. The minimum Gasteiger partial charge on any atom is -0.496 e. The van der Waals surface area contributed by atoms with Crippen LogP contribution < -0.4 is 9.47 Å². The molecule has 2 heterocycles. The molecule has 7 nitrogen and oxygen atoms in total. The van der Waals surface area contributed by atoms with Crippen molar-refractivity contribution in [2.24, 2.45) is 0 Å². The molecule has 4 rings (SSSR count). The number of ether oxygens (including phenoxy) is 2. The van der Waals surface area contributed by atoms with E-state index in [1.807, 2.05) is 24.3 Å². The van der Waals surface area contributed by atoms with Crippen molar-refractivity contribution >= 4 is 23.5 Å². The maximum Gasteiger partial charge on any atom is 0.326 e. The summed E-state index contributed by atoms with van der Waals surface area (Å²) in [6, 6.07) is 11.7. The van der Waals surface area contributed by atoms with Crippen LogP contribution >= 0.6 is 11.6 Å². The van der Waals surface area contributed by atoms with Crippen LogP contribution in [0, 0.1) is 0 Å². The van der Waals surface area contributed by atoms with Gasteiger partial charge >= 0.3 is 5.97 Å². The molecule has 1 atom stereocenters. The van der Waals surface area contributed by atoms with Gasteiger partial charge in [0.1, 0.15) is 17.5 Å². The van der Waals surface area contributed by atoms with Crippen molar-refractivity contribution in [3.8, 4) is 33.8 Å². The molecular formula is C25H23ClN2O5. The number of benzene rings is 2. The van der Waals surface area contributed by atoms with Gasteiger partial charge in [0, 0.05) is 40.0 Å². The molecule has 33 heavy (non-hydrogen) atoms. The number of pyridine rings is 1. The third-order valence-electron chi connectivity index (χ3n) is 5.77. The van der Waals surface area contributed by atoms with Crippen molar-refractivity contribution in [3.63, 3.8) is 0 Å². The zero-order valence-corrected chi connectivity index (χ0v) is 19.0. The van der Waals surface area contributed by atoms with Crippen molar-refractivity contribution in [2.75, 3.05) is 20.8 Å². The van der Waals surface area contributed by atoms with Crippen LogP contribution in [0.15, 0.2) is 54.9 Å². The van der Waals surface area contributed by atoms with E-state index in [4.69, 9.17) is 21.1 Å². The molecule has 2 aromatic carbocycles. The average Bonchev–Trinajstić information content (AvgIpc) is 3.33. The van der Waals surface area contributed by atoms with Crippen LogP contribution in [-0.4, -0.2) is 53.7 Å².